The number of halogens is 1. The van der Waals surface area contributed by atoms with E-state index in [9.17, 15) is 13.2 Å². The molecule has 1 heterocycles. The molecule has 2 rings (SSSR count). The van der Waals surface area contributed by atoms with E-state index in [1.165, 1.54) is 4.31 Å². The molecule has 154 valence electrons. The summed E-state index contributed by atoms with van der Waals surface area (Å²) in [5, 5.41) is 3.26. The Kier molecular flexibility index (Phi) is 8.27. The highest BCUT2D eigenvalue weighted by atomic mass is 35.5. The molecule has 0 aliphatic heterocycles. The summed E-state index contributed by atoms with van der Waals surface area (Å²) in [5.74, 6) is 1.96. The number of thioether (sulfide) groups is 1. The van der Waals surface area contributed by atoms with Gasteiger partial charge < -0.3 is 9.73 Å². The van der Waals surface area contributed by atoms with E-state index in [1.54, 1.807) is 50.1 Å². The molecule has 1 aromatic heterocycles. The molecule has 0 bridgehead atoms. The average molecular weight is 445 g/mol. The molecule has 0 saturated heterocycles. The van der Waals surface area contributed by atoms with Crippen LogP contribution in [-0.2, 0) is 20.6 Å². The molecule has 0 radical (unpaired) electrons. The third kappa shape index (κ3) is 6.18. The summed E-state index contributed by atoms with van der Waals surface area (Å²) in [5.41, 5.74) is 1.15. The minimum atomic E-state index is -3.68. The number of aryl methyl sites for hydroxylation is 1. The van der Waals surface area contributed by atoms with Crippen molar-refractivity contribution in [2.75, 3.05) is 22.9 Å². The molecular formula is C19H25ClN2O4S2. The minimum Gasteiger partial charge on any atom is -0.468 e. The van der Waals surface area contributed by atoms with Crippen LogP contribution in [0.3, 0.4) is 0 Å². The summed E-state index contributed by atoms with van der Waals surface area (Å²) in [4.78, 5) is 12.7. The summed E-state index contributed by atoms with van der Waals surface area (Å²) >= 11 is 7.70. The Labute approximate surface area is 175 Å². The zero-order chi connectivity index (χ0) is 20.7. The van der Waals surface area contributed by atoms with Crippen LogP contribution in [0, 0.1) is 6.92 Å². The quantitative estimate of drug-likeness (QED) is 0.563. The van der Waals surface area contributed by atoms with Crippen LogP contribution in [0.1, 0.15) is 24.7 Å². The number of furan rings is 1. The fraction of sp³-hybridized carbons (Fsp3) is 0.421. The van der Waals surface area contributed by atoms with Gasteiger partial charge >= 0.3 is 0 Å². The van der Waals surface area contributed by atoms with Crippen LogP contribution >= 0.6 is 23.4 Å². The van der Waals surface area contributed by atoms with Gasteiger partial charge in [0.1, 0.15) is 11.8 Å². The van der Waals surface area contributed by atoms with E-state index >= 15 is 0 Å². The van der Waals surface area contributed by atoms with Gasteiger partial charge in [-0.1, -0.05) is 24.6 Å². The fourth-order valence-corrected chi connectivity index (χ4v) is 4.97. The van der Waals surface area contributed by atoms with Crippen LogP contribution in [0.4, 0.5) is 5.69 Å². The Bertz CT molecular complexity index is 885. The van der Waals surface area contributed by atoms with E-state index in [1.807, 2.05) is 12.1 Å². The molecular weight excluding hydrogens is 420 g/mol. The van der Waals surface area contributed by atoms with Crippen LogP contribution in [0.2, 0.25) is 5.02 Å². The summed E-state index contributed by atoms with van der Waals surface area (Å²) < 4.78 is 31.4. The number of carbonyl (C=O) groups is 1. The van der Waals surface area contributed by atoms with Crippen LogP contribution in [0.15, 0.2) is 41.0 Å². The first-order chi connectivity index (χ1) is 13.2. The van der Waals surface area contributed by atoms with E-state index < -0.39 is 16.1 Å². The number of hydrogen-bond acceptors (Lipinski definition) is 5. The lowest BCUT2D eigenvalue weighted by Gasteiger charge is -2.31. The van der Waals surface area contributed by atoms with Gasteiger partial charge in [0.15, 0.2) is 0 Å². The van der Waals surface area contributed by atoms with E-state index in [-0.39, 0.29) is 5.91 Å². The average Bonchev–Trinajstić information content (AvgIpc) is 3.14. The Hall–Kier alpha value is -1.64. The Morgan fingerprint density at radius 3 is 2.71 bits per heavy atom. The van der Waals surface area contributed by atoms with Gasteiger partial charge in [-0.25, -0.2) is 8.42 Å². The Morgan fingerprint density at radius 1 is 1.36 bits per heavy atom. The molecule has 1 N–H and O–H groups in total. The number of sulfonamides is 1. The molecule has 1 atom stereocenters. The van der Waals surface area contributed by atoms with Gasteiger partial charge in [0, 0.05) is 17.3 Å². The molecule has 0 spiro atoms. The summed E-state index contributed by atoms with van der Waals surface area (Å²) in [6, 6.07) is 7.90. The van der Waals surface area contributed by atoms with E-state index in [0.717, 1.165) is 23.3 Å². The zero-order valence-electron chi connectivity index (χ0n) is 16.1. The molecule has 0 fully saturated rings. The van der Waals surface area contributed by atoms with Gasteiger partial charge in [0.2, 0.25) is 15.9 Å². The number of amides is 1. The highest BCUT2D eigenvalue weighted by molar-refractivity contribution is 7.98. The van der Waals surface area contributed by atoms with Gasteiger partial charge in [0.25, 0.3) is 0 Å². The maximum absolute atomic E-state index is 12.7. The molecule has 1 aromatic carbocycles. The number of nitrogens with one attached hydrogen (secondary N) is 1. The van der Waals surface area contributed by atoms with Crippen molar-refractivity contribution in [3.8, 4) is 0 Å². The Morgan fingerprint density at radius 2 is 2.11 bits per heavy atom. The van der Waals surface area contributed by atoms with Crippen molar-refractivity contribution in [3.05, 3.63) is 52.9 Å². The number of anilines is 1. The van der Waals surface area contributed by atoms with Crippen LogP contribution in [0.25, 0.3) is 0 Å². The minimum absolute atomic E-state index is 0.328. The van der Waals surface area contributed by atoms with Crippen molar-refractivity contribution >= 4 is 45.0 Å². The monoisotopic (exact) mass is 444 g/mol. The van der Waals surface area contributed by atoms with Gasteiger partial charge in [-0.3, -0.25) is 9.10 Å². The van der Waals surface area contributed by atoms with Crippen LogP contribution in [-0.4, -0.2) is 38.9 Å². The van der Waals surface area contributed by atoms with Crippen molar-refractivity contribution in [2.45, 2.75) is 32.1 Å². The second-order valence-corrected chi connectivity index (χ2v) is 9.74. The normalized spacial score (nSPS) is 12.6. The molecule has 28 heavy (non-hydrogen) atoms. The zero-order valence-corrected chi connectivity index (χ0v) is 18.5. The number of benzene rings is 1. The van der Waals surface area contributed by atoms with Crippen molar-refractivity contribution in [1.29, 1.82) is 0 Å². The van der Waals surface area contributed by atoms with Crippen molar-refractivity contribution in [3.63, 3.8) is 0 Å². The summed E-state index contributed by atoms with van der Waals surface area (Å²) in [7, 11) is -3.68. The predicted octanol–water partition coefficient (Wildman–Crippen LogP) is 3.84. The number of rotatable bonds is 10. The van der Waals surface area contributed by atoms with Crippen molar-refractivity contribution < 1.29 is 17.6 Å². The third-order valence-electron chi connectivity index (χ3n) is 4.11. The summed E-state index contributed by atoms with van der Waals surface area (Å²) in [6.45, 7) is 4.01. The molecule has 1 amide bonds. The number of nitrogens with zero attached hydrogens (tertiary/aromatic N) is 1. The molecule has 0 saturated carbocycles. The van der Waals surface area contributed by atoms with Gasteiger partial charge in [-0.2, -0.15) is 11.8 Å². The third-order valence-corrected chi connectivity index (χ3v) is 6.49. The second kappa shape index (κ2) is 10.2. The highest BCUT2D eigenvalue weighted by Crippen LogP contribution is 2.29. The largest absolute Gasteiger partial charge is 0.468 e. The van der Waals surface area contributed by atoms with Gasteiger partial charge in [-0.05, 0) is 43.2 Å². The topological polar surface area (TPSA) is 79.6 Å². The first-order valence-corrected chi connectivity index (χ1v) is 12.3. The number of hydrogen-bond donors (Lipinski definition) is 1. The molecule has 6 nitrogen and oxygen atoms in total. The van der Waals surface area contributed by atoms with Crippen molar-refractivity contribution in [1.82, 2.24) is 5.32 Å². The molecule has 0 aliphatic carbocycles. The van der Waals surface area contributed by atoms with Gasteiger partial charge in [-0.15, -0.1) is 0 Å². The van der Waals surface area contributed by atoms with E-state index in [4.69, 9.17) is 16.0 Å². The first-order valence-electron chi connectivity index (χ1n) is 8.87. The molecule has 2 aromatic rings. The lowest BCUT2D eigenvalue weighted by Crippen LogP contribution is -2.50. The van der Waals surface area contributed by atoms with Crippen molar-refractivity contribution in [2.24, 2.45) is 0 Å². The van der Waals surface area contributed by atoms with E-state index in [2.05, 4.69) is 5.32 Å². The van der Waals surface area contributed by atoms with Gasteiger partial charge in [0.05, 0.1) is 24.0 Å². The van der Waals surface area contributed by atoms with Crippen LogP contribution < -0.4 is 9.62 Å². The smallest absolute Gasteiger partial charge is 0.243 e. The molecule has 9 heteroatoms. The van der Waals surface area contributed by atoms with E-state index in [0.29, 0.717) is 29.4 Å². The Balaban J connectivity index is 2.06. The maximum atomic E-state index is 12.7. The summed E-state index contributed by atoms with van der Waals surface area (Å²) in [6.07, 6.45) is 3.06. The molecule has 0 aliphatic rings. The maximum Gasteiger partial charge on any atom is 0.243 e. The first kappa shape index (κ1) is 22.6. The standard InChI is InChI=1S/C19H25ClN2O4S2/c1-4-17(19(23)21-9-11-27-13-16-6-5-10-26-16)22(28(3,24)25)18-12-15(20)8-7-14(18)2/h5-8,10,12,17H,4,9,11,13H2,1-3H3,(H,21,23)/t17-/m1/s1. The second-order valence-electron chi connectivity index (χ2n) is 6.34. The predicted molar refractivity (Wildman–Crippen MR) is 115 cm³/mol. The fourth-order valence-electron chi connectivity index (χ4n) is 2.79. The molecule has 0 unspecified atom stereocenters. The van der Waals surface area contributed by atoms with Crippen LogP contribution in [0.5, 0.6) is 0 Å². The number of carbonyl (C=O) groups excluding carboxylic acids is 1. The lowest BCUT2D eigenvalue weighted by atomic mass is 10.1. The lowest BCUT2D eigenvalue weighted by molar-refractivity contribution is -0.122. The highest BCUT2D eigenvalue weighted by Gasteiger charge is 2.32. The SMILES string of the molecule is CC[C@H](C(=O)NCCSCc1ccco1)N(c1cc(Cl)ccc1C)S(C)(=O)=O.